The number of carbonyl (C=O) groups is 2. The molecular weight excluding hydrogens is 394 g/mol. The molecule has 0 bridgehead atoms. The zero-order valence-corrected chi connectivity index (χ0v) is 18.8. The Morgan fingerprint density at radius 1 is 1.29 bits per heavy atom. The second-order valence-electron chi connectivity index (χ2n) is 9.76. The van der Waals surface area contributed by atoms with E-state index in [1.165, 1.54) is 12.8 Å². The number of amides is 2. The molecule has 3 aliphatic rings. The van der Waals surface area contributed by atoms with E-state index in [-0.39, 0.29) is 42.4 Å². The predicted molar refractivity (Wildman–Crippen MR) is 119 cm³/mol. The van der Waals surface area contributed by atoms with Crippen molar-refractivity contribution < 1.29 is 19.4 Å². The van der Waals surface area contributed by atoms with Gasteiger partial charge in [0.25, 0.3) is 5.91 Å². The number of anilines is 1. The molecule has 2 amide bonds. The molecule has 0 aromatic heterocycles. The molecule has 4 rings (SSSR count). The van der Waals surface area contributed by atoms with Crippen LogP contribution in [0.2, 0.25) is 0 Å². The first kappa shape index (κ1) is 22.1. The number of carbonyl (C=O) groups excluding carboxylic acids is 2. The van der Waals surface area contributed by atoms with E-state index >= 15 is 0 Å². The van der Waals surface area contributed by atoms with Crippen LogP contribution in [0.25, 0.3) is 0 Å². The van der Waals surface area contributed by atoms with Gasteiger partial charge in [-0.2, -0.15) is 0 Å². The summed E-state index contributed by atoms with van der Waals surface area (Å²) in [5, 5.41) is 12.7. The molecule has 0 saturated heterocycles. The SMILES string of the molecule is C[C@@H]1CN([C@H](C)CO)C(=O)c2cc(NC(=O)C3CC3)ccc2O[C@@H]1CN(C)CC1CC1. The van der Waals surface area contributed by atoms with Gasteiger partial charge in [-0.25, -0.2) is 0 Å². The smallest absolute Gasteiger partial charge is 0.258 e. The molecule has 31 heavy (non-hydrogen) atoms. The van der Waals surface area contributed by atoms with Crippen molar-refractivity contribution in [2.24, 2.45) is 17.8 Å². The second kappa shape index (κ2) is 9.17. The van der Waals surface area contributed by atoms with Crippen LogP contribution in [-0.4, -0.2) is 72.2 Å². The van der Waals surface area contributed by atoms with Crippen molar-refractivity contribution in [3.05, 3.63) is 23.8 Å². The predicted octanol–water partition coefficient (Wildman–Crippen LogP) is 2.60. The minimum atomic E-state index is -0.296. The topological polar surface area (TPSA) is 82.1 Å². The van der Waals surface area contributed by atoms with Crippen LogP contribution in [0.3, 0.4) is 0 Å². The lowest BCUT2D eigenvalue weighted by Crippen LogP contribution is -2.50. The van der Waals surface area contributed by atoms with E-state index in [0.29, 0.717) is 23.5 Å². The number of nitrogens with one attached hydrogen (secondary N) is 1. The van der Waals surface area contributed by atoms with Gasteiger partial charge in [0.2, 0.25) is 5.91 Å². The summed E-state index contributed by atoms with van der Waals surface area (Å²) in [7, 11) is 2.13. The summed E-state index contributed by atoms with van der Waals surface area (Å²) in [4.78, 5) is 29.7. The van der Waals surface area contributed by atoms with E-state index < -0.39 is 0 Å². The molecule has 1 aromatic carbocycles. The van der Waals surface area contributed by atoms with E-state index in [9.17, 15) is 14.7 Å². The molecule has 2 saturated carbocycles. The summed E-state index contributed by atoms with van der Waals surface area (Å²) in [6.07, 6.45) is 4.39. The van der Waals surface area contributed by atoms with Crippen molar-refractivity contribution in [2.45, 2.75) is 51.7 Å². The maximum Gasteiger partial charge on any atom is 0.258 e. The van der Waals surface area contributed by atoms with E-state index in [1.807, 2.05) is 13.0 Å². The van der Waals surface area contributed by atoms with Crippen LogP contribution >= 0.6 is 0 Å². The number of hydrogen-bond acceptors (Lipinski definition) is 5. The molecule has 0 unspecified atom stereocenters. The van der Waals surface area contributed by atoms with E-state index in [4.69, 9.17) is 4.74 Å². The second-order valence-corrected chi connectivity index (χ2v) is 9.76. The van der Waals surface area contributed by atoms with Gasteiger partial charge < -0.3 is 25.0 Å². The van der Waals surface area contributed by atoms with Crippen LogP contribution in [0.4, 0.5) is 5.69 Å². The maximum absolute atomic E-state index is 13.4. The van der Waals surface area contributed by atoms with Crippen LogP contribution in [0.5, 0.6) is 5.75 Å². The third kappa shape index (κ3) is 5.39. The molecule has 7 heteroatoms. The number of likely N-dealkylation sites (N-methyl/N-ethyl adjacent to an activating group) is 1. The number of benzene rings is 1. The summed E-state index contributed by atoms with van der Waals surface area (Å²) in [6.45, 7) is 6.24. The summed E-state index contributed by atoms with van der Waals surface area (Å²) in [5.41, 5.74) is 1.05. The monoisotopic (exact) mass is 429 g/mol. The van der Waals surface area contributed by atoms with E-state index in [0.717, 1.165) is 31.8 Å². The summed E-state index contributed by atoms with van der Waals surface area (Å²) < 4.78 is 6.41. The van der Waals surface area contributed by atoms with Gasteiger partial charge in [0.15, 0.2) is 0 Å². The van der Waals surface area contributed by atoms with Crippen molar-refractivity contribution in [3.63, 3.8) is 0 Å². The Kier molecular flexibility index (Phi) is 6.53. The Bertz CT molecular complexity index is 821. The fourth-order valence-electron chi connectivity index (χ4n) is 4.23. The van der Waals surface area contributed by atoms with Gasteiger partial charge in [0, 0.05) is 37.2 Å². The van der Waals surface area contributed by atoms with Crippen molar-refractivity contribution in [2.75, 3.05) is 38.6 Å². The Morgan fingerprint density at radius 3 is 2.68 bits per heavy atom. The third-order valence-electron chi connectivity index (χ3n) is 6.64. The normalized spacial score (nSPS) is 24.8. The average molecular weight is 430 g/mol. The average Bonchev–Trinajstić information content (AvgIpc) is 3.64. The number of ether oxygens (including phenoxy) is 1. The minimum Gasteiger partial charge on any atom is -0.488 e. The molecule has 2 fully saturated rings. The molecule has 0 radical (unpaired) electrons. The lowest BCUT2D eigenvalue weighted by molar-refractivity contribution is -0.117. The number of nitrogens with zero attached hydrogens (tertiary/aromatic N) is 2. The quantitative estimate of drug-likeness (QED) is 0.664. The van der Waals surface area contributed by atoms with E-state index in [2.05, 4.69) is 24.2 Å². The van der Waals surface area contributed by atoms with Crippen molar-refractivity contribution in [3.8, 4) is 5.75 Å². The fourth-order valence-corrected chi connectivity index (χ4v) is 4.23. The molecule has 3 atom stereocenters. The first-order chi connectivity index (χ1) is 14.9. The first-order valence-corrected chi connectivity index (χ1v) is 11.6. The molecule has 1 aromatic rings. The maximum atomic E-state index is 13.4. The van der Waals surface area contributed by atoms with Gasteiger partial charge in [-0.15, -0.1) is 0 Å². The van der Waals surface area contributed by atoms with Gasteiger partial charge in [-0.1, -0.05) is 6.92 Å². The highest BCUT2D eigenvalue weighted by Crippen LogP contribution is 2.34. The largest absolute Gasteiger partial charge is 0.488 e. The highest BCUT2D eigenvalue weighted by molar-refractivity contribution is 6.00. The molecule has 1 heterocycles. The number of hydrogen-bond donors (Lipinski definition) is 2. The van der Waals surface area contributed by atoms with Gasteiger partial charge in [-0.3, -0.25) is 9.59 Å². The Morgan fingerprint density at radius 2 is 2.03 bits per heavy atom. The molecule has 0 spiro atoms. The fraction of sp³-hybridized carbons (Fsp3) is 0.667. The molecule has 1 aliphatic heterocycles. The molecule has 170 valence electrons. The number of aliphatic hydroxyl groups excluding tert-OH is 1. The number of rotatable bonds is 8. The van der Waals surface area contributed by atoms with Crippen LogP contribution in [0.15, 0.2) is 18.2 Å². The zero-order valence-electron chi connectivity index (χ0n) is 18.8. The molecule has 2 aliphatic carbocycles. The van der Waals surface area contributed by atoms with Gasteiger partial charge in [0.1, 0.15) is 11.9 Å². The first-order valence-electron chi connectivity index (χ1n) is 11.6. The van der Waals surface area contributed by atoms with Crippen molar-refractivity contribution >= 4 is 17.5 Å². The van der Waals surface area contributed by atoms with Crippen LogP contribution in [0.1, 0.15) is 49.9 Å². The number of aliphatic hydroxyl groups is 1. The standard InChI is InChI=1S/C24H35N3O4/c1-15-11-27(16(2)14-28)24(30)20-10-19(25-23(29)18-6-7-18)8-9-21(20)31-22(15)13-26(3)12-17-4-5-17/h8-10,15-18,22,28H,4-7,11-14H2,1-3H3,(H,25,29)/t15-,16-,22-/m1/s1. The van der Waals surface area contributed by atoms with Gasteiger partial charge in [-0.05, 0) is 63.8 Å². The summed E-state index contributed by atoms with van der Waals surface area (Å²) in [6, 6.07) is 5.03. The highest BCUT2D eigenvalue weighted by atomic mass is 16.5. The Labute approximate surface area is 184 Å². The zero-order chi connectivity index (χ0) is 22.1. The highest BCUT2D eigenvalue weighted by Gasteiger charge is 2.35. The lowest BCUT2D eigenvalue weighted by atomic mass is 9.99. The molecular formula is C24H35N3O4. The summed E-state index contributed by atoms with van der Waals surface area (Å²) >= 11 is 0. The molecule has 7 nitrogen and oxygen atoms in total. The van der Waals surface area contributed by atoms with Crippen LogP contribution < -0.4 is 10.1 Å². The lowest BCUT2D eigenvalue weighted by Gasteiger charge is -2.38. The van der Waals surface area contributed by atoms with Crippen LogP contribution in [0, 0.1) is 17.8 Å². The Hall–Kier alpha value is -2.12. The third-order valence-corrected chi connectivity index (χ3v) is 6.64. The van der Waals surface area contributed by atoms with Gasteiger partial charge >= 0.3 is 0 Å². The van der Waals surface area contributed by atoms with Crippen molar-refractivity contribution in [1.82, 2.24) is 9.80 Å². The minimum absolute atomic E-state index is 0.00735. The molecule has 2 N–H and O–H groups in total. The Balaban J connectivity index is 1.60. The van der Waals surface area contributed by atoms with E-state index in [1.54, 1.807) is 17.0 Å². The summed E-state index contributed by atoms with van der Waals surface area (Å²) in [5.74, 6) is 1.38. The van der Waals surface area contributed by atoms with Crippen molar-refractivity contribution in [1.29, 1.82) is 0 Å². The number of fused-ring (bicyclic) bond motifs is 1. The van der Waals surface area contributed by atoms with Gasteiger partial charge in [0.05, 0.1) is 18.2 Å². The van der Waals surface area contributed by atoms with Crippen LogP contribution in [-0.2, 0) is 4.79 Å².